The third kappa shape index (κ3) is 6.04. The van der Waals surface area contributed by atoms with E-state index < -0.39 is 0 Å². The van der Waals surface area contributed by atoms with Crippen LogP contribution in [-0.4, -0.2) is 17.2 Å². The van der Waals surface area contributed by atoms with Crippen molar-refractivity contribution in [2.24, 2.45) is 11.5 Å². The Morgan fingerprint density at radius 3 is 2.15 bits per heavy atom. The van der Waals surface area contributed by atoms with Crippen LogP contribution in [-0.2, 0) is 6.54 Å². The van der Waals surface area contributed by atoms with E-state index in [1.165, 1.54) is 24.8 Å². The summed E-state index contributed by atoms with van der Waals surface area (Å²) in [7, 11) is 0. The summed E-state index contributed by atoms with van der Waals surface area (Å²) in [6.07, 6.45) is 6.88. The average Bonchev–Trinajstić information content (AvgIpc) is 2.46. The third-order valence-corrected chi connectivity index (χ3v) is 3.75. The molecule has 0 bridgehead atoms. The van der Waals surface area contributed by atoms with Gasteiger partial charge in [-0.2, -0.15) is 0 Å². The van der Waals surface area contributed by atoms with E-state index in [0.29, 0.717) is 0 Å². The van der Waals surface area contributed by atoms with Crippen molar-refractivity contribution in [3.63, 3.8) is 0 Å². The second-order valence-electron chi connectivity index (χ2n) is 5.58. The first-order valence-electron chi connectivity index (χ1n) is 7.99. The minimum absolute atomic E-state index is 0.0526. The first kappa shape index (κ1) is 17.2. The standard InChI is InChI=1S/C17H31N3/c1-3-5-7-13-17(19)20(16(18)10-4-2)14-15-11-8-6-9-12-15/h6,8-9,11-12,16-17H,3-5,7,10,13-14,18-19H2,1-2H3. The second-order valence-corrected chi connectivity index (χ2v) is 5.58. The maximum absolute atomic E-state index is 6.38. The van der Waals surface area contributed by atoms with Gasteiger partial charge in [-0.1, -0.05) is 69.9 Å². The number of nitrogens with zero attached hydrogens (tertiary/aromatic N) is 1. The summed E-state index contributed by atoms with van der Waals surface area (Å²) in [5, 5.41) is 0. The molecule has 0 saturated heterocycles. The third-order valence-electron chi connectivity index (χ3n) is 3.75. The van der Waals surface area contributed by atoms with E-state index in [2.05, 4.69) is 43.0 Å². The van der Waals surface area contributed by atoms with Crippen LogP contribution in [0.15, 0.2) is 30.3 Å². The highest BCUT2D eigenvalue weighted by Crippen LogP contribution is 2.14. The molecule has 1 aromatic rings. The summed E-state index contributed by atoms with van der Waals surface area (Å²) in [4.78, 5) is 2.26. The van der Waals surface area contributed by atoms with Crippen molar-refractivity contribution < 1.29 is 0 Å². The van der Waals surface area contributed by atoms with Gasteiger partial charge < -0.3 is 11.5 Å². The molecule has 0 aliphatic rings. The molecule has 3 nitrogen and oxygen atoms in total. The molecule has 0 aliphatic heterocycles. The molecular weight excluding hydrogens is 246 g/mol. The molecule has 0 fully saturated rings. The number of hydrogen-bond acceptors (Lipinski definition) is 3. The Labute approximate surface area is 124 Å². The topological polar surface area (TPSA) is 55.3 Å². The number of nitrogens with two attached hydrogens (primary N) is 2. The molecule has 1 aromatic carbocycles. The van der Waals surface area contributed by atoms with Crippen molar-refractivity contribution in [2.75, 3.05) is 0 Å². The number of unbranched alkanes of at least 4 members (excludes halogenated alkanes) is 2. The molecule has 0 radical (unpaired) electrons. The normalized spacial score (nSPS) is 14.4. The molecule has 3 heteroatoms. The quantitative estimate of drug-likeness (QED) is 0.509. The van der Waals surface area contributed by atoms with E-state index in [1.807, 2.05) is 6.07 Å². The zero-order chi connectivity index (χ0) is 14.8. The number of hydrogen-bond donors (Lipinski definition) is 2. The lowest BCUT2D eigenvalue weighted by molar-refractivity contribution is 0.114. The van der Waals surface area contributed by atoms with Gasteiger partial charge in [0.15, 0.2) is 0 Å². The van der Waals surface area contributed by atoms with E-state index in [1.54, 1.807) is 0 Å². The van der Waals surface area contributed by atoms with E-state index >= 15 is 0 Å². The summed E-state index contributed by atoms with van der Waals surface area (Å²) in [5.74, 6) is 0. The van der Waals surface area contributed by atoms with Crippen LogP contribution in [0.1, 0.15) is 57.9 Å². The van der Waals surface area contributed by atoms with Crippen LogP contribution in [0.25, 0.3) is 0 Å². The van der Waals surface area contributed by atoms with E-state index in [-0.39, 0.29) is 12.3 Å². The SMILES string of the molecule is CCCCCC(N)N(Cc1ccccc1)C(N)CCC. The maximum atomic E-state index is 6.38. The van der Waals surface area contributed by atoms with Crippen LogP contribution in [0.2, 0.25) is 0 Å². The molecule has 0 saturated carbocycles. The van der Waals surface area contributed by atoms with Crippen LogP contribution in [0.4, 0.5) is 0 Å². The predicted molar refractivity (Wildman–Crippen MR) is 87.0 cm³/mol. The molecule has 1 rings (SSSR count). The largest absolute Gasteiger partial charge is 0.316 e. The van der Waals surface area contributed by atoms with Gasteiger partial charge in [0.2, 0.25) is 0 Å². The Kier molecular flexibility index (Phi) is 8.51. The lowest BCUT2D eigenvalue weighted by atomic mass is 10.1. The van der Waals surface area contributed by atoms with Gasteiger partial charge in [0.1, 0.15) is 0 Å². The van der Waals surface area contributed by atoms with E-state index in [9.17, 15) is 0 Å². The van der Waals surface area contributed by atoms with Crippen LogP contribution < -0.4 is 11.5 Å². The van der Waals surface area contributed by atoms with Crippen molar-refractivity contribution in [1.29, 1.82) is 0 Å². The molecular formula is C17H31N3. The molecule has 0 heterocycles. The zero-order valence-corrected chi connectivity index (χ0v) is 13.1. The second kappa shape index (κ2) is 9.92. The van der Waals surface area contributed by atoms with Crippen molar-refractivity contribution >= 4 is 0 Å². The van der Waals surface area contributed by atoms with E-state index in [4.69, 9.17) is 11.5 Å². The fourth-order valence-corrected chi connectivity index (χ4v) is 2.51. The minimum Gasteiger partial charge on any atom is -0.316 e. The van der Waals surface area contributed by atoms with E-state index in [0.717, 1.165) is 25.8 Å². The first-order chi connectivity index (χ1) is 9.69. The van der Waals surface area contributed by atoms with Crippen LogP contribution in [0.3, 0.4) is 0 Å². The van der Waals surface area contributed by atoms with Crippen LogP contribution in [0, 0.1) is 0 Å². The summed E-state index contributed by atoms with van der Waals surface area (Å²) < 4.78 is 0. The maximum Gasteiger partial charge on any atom is 0.0588 e. The Morgan fingerprint density at radius 1 is 0.900 bits per heavy atom. The van der Waals surface area contributed by atoms with Crippen molar-refractivity contribution in [3.05, 3.63) is 35.9 Å². The van der Waals surface area contributed by atoms with Crippen molar-refractivity contribution in [3.8, 4) is 0 Å². The fourth-order valence-electron chi connectivity index (χ4n) is 2.51. The fraction of sp³-hybridized carbons (Fsp3) is 0.647. The molecule has 0 aliphatic carbocycles. The van der Waals surface area contributed by atoms with Gasteiger partial charge in [-0.25, -0.2) is 0 Å². The van der Waals surface area contributed by atoms with Crippen LogP contribution in [0.5, 0.6) is 0 Å². The summed E-state index contributed by atoms with van der Waals surface area (Å²) in [6, 6.07) is 10.5. The summed E-state index contributed by atoms with van der Waals surface area (Å²) >= 11 is 0. The average molecular weight is 277 g/mol. The van der Waals surface area contributed by atoms with Gasteiger partial charge in [0.25, 0.3) is 0 Å². The van der Waals surface area contributed by atoms with Gasteiger partial charge in [0.05, 0.1) is 12.3 Å². The minimum atomic E-state index is 0.0526. The lowest BCUT2D eigenvalue weighted by Gasteiger charge is -2.34. The van der Waals surface area contributed by atoms with Gasteiger partial charge in [-0.05, 0) is 18.4 Å². The molecule has 2 atom stereocenters. The molecule has 0 amide bonds. The lowest BCUT2D eigenvalue weighted by Crippen LogP contribution is -2.51. The molecule has 20 heavy (non-hydrogen) atoms. The monoisotopic (exact) mass is 277 g/mol. The Balaban J connectivity index is 2.64. The molecule has 114 valence electrons. The first-order valence-corrected chi connectivity index (χ1v) is 7.99. The Morgan fingerprint density at radius 2 is 1.55 bits per heavy atom. The van der Waals surface area contributed by atoms with Gasteiger partial charge in [-0.3, -0.25) is 4.90 Å². The van der Waals surface area contributed by atoms with Gasteiger partial charge >= 0.3 is 0 Å². The Bertz CT molecular complexity index is 339. The Hall–Kier alpha value is -0.900. The predicted octanol–water partition coefficient (Wildman–Crippen LogP) is 3.44. The molecule has 2 unspecified atom stereocenters. The number of benzene rings is 1. The van der Waals surface area contributed by atoms with Crippen molar-refractivity contribution in [2.45, 2.75) is 71.2 Å². The van der Waals surface area contributed by atoms with Gasteiger partial charge in [-0.15, -0.1) is 0 Å². The van der Waals surface area contributed by atoms with Crippen molar-refractivity contribution in [1.82, 2.24) is 4.90 Å². The molecule has 4 N–H and O–H groups in total. The van der Waals surface area contributed by atoms with Gasteiger partial charge in [0, 0.05) is 6.54 Å². The number of rotatable bonds is 10. The summed E-state index contributed by atoms with van der Waals surface area (Å²) in [6.45, 7) is 5.23. The summed E-state index contributed by atoms with van der Waals surface area (Å²) in [5.41, 5.74) is 14.0. The highest BCUT2D eigenvalue weighted by atomic mass is 15.3. The molecule has 0 spiro atoms. The highest BCUT2D eigenvalue weighted by molar-refractivity contribution is 5.14. The smallest absolute Gasteiger partial charge is 0.0588 e. The highest BCUT2D eigenvalue weighted by Gasteiger charge is 2.20. The van der Waals surface area contributed by atoms with Crippen LogP contribution >= 0.6 is 0 Å². The zero-order valence-electron chi connectivity index (χ0n) is 13.1. The molecule has 0 aromatic heterocycles.